The number of carbonyl (C=O) groups is 1. The normalized spacial score (nSPS) is 20.2. The van der Waals surface area contributed by atoms with E-state index in [1.165, 1.54) is 6.42 Å². The van der Waals surface area contributed by atoms with Crippen LogP contribution in [0.4, 0.5) is 0 Å². The molecule has 3 aromatic rings. The molecule has 1 saturated carbocycles. The van der Waals surface area contributed by atoms with E-state index in [4.69, 9.17) is 0 Å². The third kappa shape index (κ3) is 2.96. The van der Waals surface area contributed by atoms with Gasteiger partial charge in [-0.05, 0) is 24.7 Å². The van der Waals surface area contributed by atoms with E-state index >= 15 is 0 Å². The number of carbonyl (C=O) groups excluding carboxylic acids is 1. The number of aryl methyl sites for hydroxylation is 1. The highest BCUT2D eigenvalue weighted by molar-refractivity contribution is 6.00. The highest BCUT2D eigenvalue weighted by atomic mass is 16.2. The summed E-state index contributed by atoms with van der Waals surface area (Å²) in [4.78, 5) is 15.5. The summed E-state index contributed by atoms with van der Waals surface area (Å²) < 4.78 is 2.17. The van der Waals surface area contributed by atoms with E-state index in [0.717, 1.165) is 49.4 Å². The molecule has 29 heavy (non-hydrogen) atoms. The van der Waals surface area contributed by atoms with Gasteiger partial charge in [0.1, 0.15) is 12.2 Å². The van der Waals surface area contributed by atoms with Crippen LogP contribution in [0.25, 0.3) is 11.3 Å². The number of nitrogens with one attached hydrogen (secondary N) is 1. The van der Waals surface area contributed by atoms with Crippen LogP contribution in [-0.4, -0.2) is 48.9 Å². The summed E-state index contributed by atoms with van der Waals surface area (Å²) in [7, 11) is 0. The summed E-state index contributed by atoms with van der Waals surface area (Å²) in [5.74, 6) is 1.34. The first kappa shape index (κ1) is 18.1. The number of hydrogen-bond donors (Lipinski definition) is 1. The van der Waals surface area contributed by atoms with Crippen molar-refractivity contribution in [1.82, 2.24) is 29.9 Å². The van der Waals surface area contributed by atoms with Gasteiger partial charge in [0, 0.05) is 31.1 Å². The van der Waals surface area contributed by atoms with Crippen LogP contribution in [0.5, 0.6) is 0 Å². The number of aromatic amines is 1. The van der Waals surface area contributed by atoms with Crippen molar-refractivity contribution in [3.05, 3.63) is 54.2 Å². The number of amides is 1. The van der Waals surface area contributed by atoms with Gasteiger partial charge in [-0.1, -0.05) is 43.7 Å². The maximum absolute atomic E-state index is 13.5. The first-order chi connectivity index (χ1) is 14.2. The van der Waals surface area contributed by atoms with Crippen molar-refractivity contribution in [2.24, 2.45) is 5.41 Å². The maximum atomic E-state index is 13.5. The Hall–Kier alpha value is -2.96. The van der Waals surface area contributed by atoms with Crippen LogP contribution >= 0.6 is 0 Å². The molecule has 3 heterocycles. The Kier molecular flexibility index (Phi) is 4.45. The van der Waals surface area contributed by atoms with E-state index in [-0.39, 0.29) is 17.2 Å². The molecule has 7 heteroatoms. The Balaban J connectivity index is 1.44. The van der Waals surface area contributed by atoms with Crippen LogP contribution in [0.15, 0.2) is 42.9 Å². The average molecular weight is 390 g/mol. The van der Waals surface area contributed by atoms with Crippen molar-refractivity contribution in [2.45, 2.75) is 45.1 Å². The molecule has 1 aliphatic heterocycles. The summed E-state index contributed by atoms with van der Waals surface area (Å²) in [5.41, 5.74) is 2.55. The molecule has 2 aromatic heterocycles. The Labute approximate surface area is 170 Å². The molecule has 2 fully saturated rings. The van der Waals surface area contributed by atoms with Crippen LogP contribution < -0.4 is 0 Å². The molecule has 2 aliphatic rings. The molecular formula is C22H26N6O. The fourth-order valence-corrected chi connectivity index (χ4v) is 5.01. The van der Waals surface area contributed by atoms with E-state index in [9.17, 15) is 4.79 Å². The maximum Gasteiger partial charge on any atom is 0.257 e. The Morgan fingerprint density at radius 1 is 1.28 bits per heavy atom. The topological polar surface area (TPSA) is 79.7 Å². The van der Waals surface area contributed by atoms with Crippen LogP contribution in [-0.2, 0) is 6.54 Å². The zero-order valence-corrected chi connectivity index (χ0v) is 16.7. The second kappa shape index (κ2) is 7.13. The van der Waals surface area contributed by atoms with E-state index < -0.39 is 0 Å². The van der Waals surface area contributed by atoms with Gasteiger partial charge in [-0.25, -0.2) is 0 Å². The second-order valence-electron chi connectivity index (χ2n) is 8.36. The molecule has 1 unspecified atom stereocenters. The molecule has 1 atom stereocenters. The monoisotopic (exact) mass is 390 g/mol. The van der Waals surface area contributed by atoms with Crippen molar-refractivity contribution < 1.29 is 4.79 Å². The molecule has 5 rings (SSSR count). The van der Waals surface area contributed by atoms with Gasteiger partial charge < -0.3 is 9.47 Å². The number of nitrogens with zero attached hydrogens (tertiary/aromatic N) is 5. The number of benzene rings is 1. The molecule has 7 nitrogen and oxygen atoms in total. The highest BCUT2D eigenvalue weighted by Gasteiger charge is 2.53. The largest absolute Gasteiger partial charge is 0.337 e. The quantitative estimate of drug-likeness (QED) is 0.723. The fraction of sp³-hybridized carbons (Fsp3) is 0.455. The minimum atomic E-state index is 0.0490. The minimum absolute atomic E-state index is 0.0490. The molecule has 0 bridgehead atoms. The predicted molar refractivity (Wildman–Crippen MR) is 109 cm³/mol. The number of likely N-dealkylation sites (tertiary alicyclic amines) is 1. The molecule has 0 radical (unpaired) electrons. The summed E-state index contributed by atoms with van der Waals surface area (Å²) in [6, 6.07) is 9.91. The van der Waals surface area contributed by atoms with Gasteiger partial charge in [-0.3, -0.25) is 9.89 Å². The molecule has 1 aliphatic carbocycles. The van der Waals surface area contributed by atoms with Gasteiger partial charge in [0.2, 0.25) is 0 Å². The van der Waals surface area contributed by atoms with Gasteiger partial charge in [0.25, 0.3) is 5.91 Å². The van der Waals surface area contributed by atoms with Crippen molar-refractivity contribution in [3.63, 3.8) is 0 Å². The molecule has 1 aromatic carbocycles. The lowest BCUT2D eigenvalue weighted by atomic mass is 9.62. The number of rotatable bonds is 5. The van der Waals surface area contributed by atoms with E-state index in [1.807, 2.05) is 41.6 Å². The van der Waals surface area contributed by atoms with Crippen molar-refractivity contribution in [2.75, 3.05) is 13.1 Å². The molecule has 1 spiro atoms. The SMILES string of the molecule is CCCn1cnnc1C1CN(C(=O)c2cn[nH]c2-c2ccccc2)CC12CCC2. The van der Waals surface area contributed by atoms with Gasteiger partial charge in [-0.2, -0.15) is 5.10 Å². The molecule has 150 valence electrons. The number of H-pyrrole nitrogens is 1. The van der Waals surface area contributed by atoms with Gasteiger partial charge in [0.15, 0.2) is 0 Å². The molecule has 1 N–H and O–H groups in total. The fourth-order valence-electron chi connectivity index (χ4n) is 5.01. The number of hydrogen-bond acceptors (Lipinski definition) is 4. The predicted octanol–water partition coefficient (Wildman–Crippen LogP) is 3.49. The molecule has 1 amide bonds. The highest BCUT2D eigenvalue weighted by Crippen LogP contribution is 2.55. The summed E-state index contributed by atoms with van der Waals surface area (Å²) in [6.45, 7) is 4.57. The van der Waals surface area contributed by atoms with Crippen molar-refractivity contribution in [3.8, 4) is 11.3 Å². The first-order valence-electron chi connectivity index (χ1n) is 10.5. The van der Waals surface area contributed by atoms with Gasteiger partial charge >= 0.3 is 0 Å². The lowest BCUT2D eigenvalue weighted by molar-refractivity contribution is 0.0724. The standard InChI is InChI=1S/C22H26N6O/c1-2-11-27-15-24-26-20(27)18-13-28(14-22(18)9-6-10-22)21(29)17-12-23-25-19(17)16-7-4-3-5-8-16/h3-5,7-8,12,15,18H,2,6,9-11,13-14H2,1H3,(H,23,25). The smallest absolute Gasteiger partial charge is 0.257 e. The minimum Gasteiger partial charge on any atom is -0.337 e. The summed E-state index contributed by atoms with van der Waals surface area (Å²) in [6.07, 6.45) is 8.06. The Morgan fingerprint density at radius 2 is 2.10 bits per heavy atom. The van der Waals surface area contributed by atoms with E-state index in [1.54, 1.807) is 6.20 Å². The lowest BCUT2D eigenvalue weighted by Crippen LogP contribution is -2.38. The Morgan fingerprint density at radius 3 is 2.83 bits per heavy atom. The average Bonchev–Trinajstić information content (AvgIpc) is 3.45. The number of aromatic nitrogens is 5. The second-order valence-corrected chi connectivity index (χ2v) is 8.36. The Bertz CT molecular complexity index is 1000. The third-order valence-corrected chi connectivity index (χ3v) is 6.64. The molecule has 1 saturated heterocycles. The van der Waals surface area contributed by atoms with Gasteiger partial charge in [0.05, 0.1) is 17.5 Å². The van der Waals surface area contributed by atoms with Crippen molar-refractivity contribution in [1.29, 1.82) is 0 Å². The summed E-state index contributed by atoms with van der Waals surface area (Å²) in [5, 5.41) is 15.8. The van der Waals surface area contributed by atoms with Crippen LogP contribution in [0.2, 0.25) is 0 Å². The van der Waals surface area contributed by atoms with Crippen molar-refractivity contribution >= 4 is 5.91 Å². The zero-order chi connectivity index (χ0) is 19.8. The zero-order valence-electron chi connectivity index (χ0n) is 16.7. The first-order valence-corrected chi connectivity index (χ1v) is 10.5. The van der Waals surface area contributed by atoms with Crippen LogP contribution in [0.1, 0.15) is 54.7 Å². The summed E-state index contributed by atoms with van der Waals surface area (Å²) >= 11 is 0. The lowest BCUT2D eigenvalue weighted by Gasteiger charge is -2.42. The van der Waals surface area contributed by atoms with Crippen LogP contribution in [0, 0.1) is 5.41 Å². The van der Waals surface area contributed by atoms with Crippen LogP contribution in [0.3, 0.4) is 0 Å². The van der Waals surface area contributed by atoms with E-state index in [2.05, 4.69) is 31.9 Å². The van der Waals surface area contributed by atoms with E-state index in [0.29, 0.717) is 12.1 Å². The third-order valence-electron chi connectivity index (χ3n) is 6.64. The van der Waals surface area contributed by atoms with Gasteiger partial charge in [-0.15, -0.1) is 10.2 Å². The molecular weight excluding hydrogens is 364 g/mol.